The first-order valence-corrected chi connectivity index (χ1v) is 7.64. The van der Waals surface area contributed by atoms with Crippen LogP contribution in [-0.4, -0.2) is 36.3 Å². The second-order valence-electron chi connectivity index (χ2n) is 5.58. The lowest BCUT2D eigenvalue weighted by Crippen LogP contribution is -2.09. The SMILES string of the molecule is CCOc1cc2nc(C(C)C3CCOC3)cn2cc1NC. The zero-order chi connectivity index (χ0) is 14.8. The van der Waals surface area contributed by atoms with Crippen LogP contribution in [0.4, 0.5) is 5.69 Å². The number of imidazole rings is 1. The van der Waals surface area contributed by atoms with Crippen LogP contribution in [0.3, 0.4) is 0 Å². The molecule has 2 aromatic heterocycles. The Kier molecular flexibility index (Phi) is 4.01. The Morgan fingerprint density at radius 3 is 3.05 bits per heavy atom. The number of pyridine rings is 1. The molecule has 2 unspecified atom stereocenters. The van der Waals surface area contributed by atoms with Gasteiger partial charge in [0.15, 0.2) is 0 Å². The highest BCUT2D eigenvalue weighted by atomic mass is 16.5. The molecule has 0 aliphatic carbocycles. The number of rotatable bonds is 5. The van der Waals surface area contributed by atoms with Crippen molar-refractivity contribution in [3.05, 3.63) is 24.2 Å². The summed E-state index contributed by atoms with van der Waals surface area (Å²) < 4.78 is 13.2. The molecule has 2 aromatic rings. The highest BCUT2D eigenvalue weighted by Gasteiger charge is 2.25. The third-order valence-corrected chi connectivity index (χ3v) is 4.28. The number of hydrogen-bond acceptors (Lipinski definition) is 4. The number of aromatic nitrogens is 2. The molecule has 5 heteroatoms. The van der Waals surface area contributed by atoms with E-state index >= 15 is 0 Å². The van der Waals surface area contributed by atoms with Gasteiger partial charge in [-0.2, -0.15) is 0 Å². The summed E-state index contributed by atoms with van der Waals surface area (Å²) in [6, 6.07) is 2.00. The quantitative estimate of drug-likeness (QED) is 0.919. The second kappa shape index (κ2) is 5.93. The molecular weight excluding hydrogens is 266 g/mol. The number of anilines is 1. The van der Waals surface area contributed by atoms with Crippen molar-refractivity contribution in [1.82, 2.24) is 9.38 Å². The molecule has 3 heterocycles. The Bertz CT molecular complexity index is 617. The van der Waals surface area contributed by atoms with Gasteiger partial charge in [-0.1, -0.05) is 6.92 Å². The van der Waals surface area contributed by atoms with Gasteiger partial charge in [-0.05, 0) is 19.3 Å². The standard InChI is InChI=1S/C16H23N3O2/c1-4-21-15-7-16-18-13(8-19(16)9-14(15)17-3)11(2)12-5-6-20-10-12/h7-9,11-12,17H,4-6,10H2,1-3H3. The maximum Gasteiger partial charge on any atom is 0.147 e. The van der Waals surface area contributed by atoms with Crippen LogP contribution in [0.15, 0.2) is 18.5 Å². The molecule has 2 atom stereocenters. The topological polar surface area (TPSA) is 47.8 Å². The molecule has 1 fully saturated rings. The van der Waals surface area contributed by atoms with Crippen LogP contribution in [0.5, 0.6) is 5.75 Å². The van der Waals surface area contributed by atoms with Gasteiger partial charge in [-0.15, -0.1) is 0 Å². The van der Waals surface area contributed by atoms with Crippen molar-refractivity contribution in [3.8, 4) is 5.75 Å². The van der Waals surface area contributed by atoms with Crippen LogP contribution in [0.1, 0.15) is 31.9 Å². The van der Waals surface area contributed by atoms with Crippen LogP contribution in [0.2, 0.25) is 0 Å². The monoisotopic (exact) mass is 289 g/mol. The highest BCUT2D eigenvalue weighted by molar-refractivity contribution is 5.61. The molecule has 0 bridgehead atoms. The largest absolute Gasteiger partial charge is 0.492 e. The molecule has 0 saturated carbocycles. The molecule has 1 N–H and O–H groups in total. The van der Waals surface area contributed by atoms with E-state index < -0.39 is 0 Å². The molecule has 0 spiro atoms. The van der Waals surface area contributed by atoms with E-state index in [-0.39, 0.29) is 0 Å². The number of fused-ring (bicyclic) bond motifs is 1. The average molecular weight is 289 g/mol. The summed E-state index contributed by atoms with van der Waals surface area (Å²) in [6.07, 6.45) is 5.28. The lowest BCUT2D eigenvalue weighted by Gasteiger charge is -2.14. The van der Waals surface area contributed by atoms with Crippen LogP contribution in [0.25, 0.3) is 5.65 Å². The van der Waals surface area contributed by atoms with E-state index in [2.05, 4.69) is 22.8 Å². The second-order valence-corrected chi connectivity index (χ2v) is 5.58. The van der Waals surface area contributed by atoms with E-state index in [0.717, 1.165) is 42.4 Å². The fraction of sp³-hybridized carbons (Fsp3) is 0.562. The first-order chi connectivity index (χ1) is 10.2. The minimum absolute atomic E-state index is 0.418. The molecule has 114 valence electrons. The number of nitrogens with one attached hydrogen (secondary N) is 1. The summed E-state index contributed by atoms with van der Waals surface area (Å²) in [4.78, 5) is 4.78. The molecule has 0 amide bonds. The van der Waals surface area contributed by atoms with Gasteiger partial charge < -0.3 is 19.2 Å². The number of hydrogen-bond donors (Lipinski definition) is 1. The van der Waals surface area contributed by atoms with E-state index in [1.54, 1.807) is 0 Å². The van der Waals surface area contributed by atoms with Crippen molar-refractivity contribution < 1.29 is 9.47 Å². The summed E-state index contributed by atoms with van der Waals surface area (Å²) in [5.74, 6) is 1.84. The summed E-state index contributed by atoms with van der Waals surface area (Å²) in [7, 11) is 1.90. The lowest BCUT2D eigenvalue weighted by atomic mass is 9.91. The Labute approximate surface area is 125 Å². The van der Waals surface area contributed by atoms with Crippen LogP contribution < -0.4 is 10.1 Å². The van der Waals surface area contributed by atoms with E-state index in [4.69, 9.17) is 14.5 Å². The first-order valence-electron chi connectivity index (χ1n) is 7.64. The van der Waals surface area contributed by atoms with Gasteiger partial charge in [0.1, 0.15) is 11.4 Å². The maximum atomic E-state index is 5.67. The van der Waals surface area contributed by atoms with Crippen molar-refractivity contribution in [2.24, 2.45) is 5.92 Å². The smallest absolute Gasteiger partial charge is 0.147 e. The van der Waals surface area contributed by atoms with Gasteiger partial charge in [-0.25, -0.2) is 4.98 Å². The Hall–Kier alpha value is -1.75. The molecule has 21 heavy (non-hydrogen) atoms. The fourth-order valence-electron chi connectivity index (χ4n) is 2.91. The fourth-order valence-corrected chi connectivity index (χ4v) is 2.91. The van der Waals surface area contributed by atoms with Crippen LogP contribution >= 0.6 is 0 Å². The Morgan fingerprint density at radius 2 is 2.38 bits per heavy atom. The van der Waals surface area contributed by atoms with Crippen molar-refractivity contribution >= 4 is 11.3 Å². The van der Waals surface area contributed by atoms with Gasteiger partial charge in [0, 0.05) is 38.0 Å². The van der Waals surface area contributed by atoms with Crippen LogP contribution in [0, 0.1) is 5.92 Å². The van der Waals surface area contributed by atoms with Gasteiger partial charge in [-0.3, -0.25) is 0 Å². The number of nitrogens with zero attached hydrogens (tertiary/aromatic N) is 2. The summed E-state index contributed by atoms with van der Waals surface area (Å²) in [5.41, 5.74) is 3.03. The summed E-state index contributed by atoms with van der Waals surface area (Å²) >= 11 is 0. The van der Waals surface area contributed by atoms with Gasteiger partial charge in [0.05, 0.1) is 24.6 Å². The van der Waals surface area contributed by atoms with E-state index in [9.17, 15) is 0 Å². The van der Waals surface area contributed by atoms with Gasteiger partial charge in [0.2, 0.25) is 0 Å². The molecule has 0 radical (unpaired) electrons. The van der Waals surface area contributed by atoms with Crippen molar-refractivity contribution in [2.45, 2.75) is 26.2 Å². The van der Waals surface area contributed by atoms with E-state index in [1.165, 1.54) is 0 Å². The molecule has 3 rings (SSSR count). The van der Waals surface area contributed by atoms with Crippen molar-refractivity contribution in [1.29, 1.82) is 0 Å². The molecule has 0 aromatic carbocycles. The third kappa shape index (κ3) is 2.70. The third-order valence-electron chi connectivity index (χ3n) is 4.28. The van der Waals surface area contributed by atoms with Crippen molar-refractivity contribution in [3.63, 3.8) is 0 Å². The predicted molar refractivity (Wildman–Crippen MR) is 83.2 cm³/mol. The van der Waals surface area contributed by atoms with Gasteiger partial charge in [0.25, 0.3) is 0 Å². The van der Waals surface area contributed by atoms with E-state index in [0.29, 0.717) is 18.4 Å². The molecule has 5 nitrogen and oxygen atoms in total. The lowest BCUT2D eigenvalue weighted by molar-refractivity contribution is 0.181. The minimum atomic E-state index is 0.418. The molecule has 1 aliphatic heterocycles. The van der Waals surface area contributed by atoms with Crippen LogP contribution in [-0.2, 0) is 4.74 Å². The van der Waals surface area contributed by atoms with E-state index in [1.807, 2.05) is 26.2 Å². The summed E-state index contributed by atoms with van der Waals surface area (Å²) in [6.45, 7) is 6.60. The molecule has 1 saturated heterocycles. The minimum Gasteiger partial charge on any atom is -0.492 e. The summed E-state index contributed by atoms with van der Waals surface area (Å²) in [5, 5.41) is 3.17. The zero-order valence-electron chi connectivity index (χ0n) is 12.9. The predicted octanol–water partition coefficient (Wildman–Crippen LogP) is 2.91. The first kappa shape index (κ1) is 14.2. The Morgan fingerprint density at radius 1 is 1.52 bits per heavy atom. The average Bonchev–Trinajstić information content (AvgIpc) is 3.15. The number of ether oxygens (including phenoxy) is 2. The highest BCUT2D eigenvalue weighted by Crippen LogP contribution is 2.32. The molecular formula is C16H23N3O2. The van der Waals surface area contributed by atoms with Crippen molar-refractivity contribution in [2.75, 3.05) is 32.2 Å². The van der Waals surface area contributed by atoms with Gasteiger partial charge >= 0.3 is 0 Å². The zero-order valence-corrected chi connectivity index (χ0v) is 12.9. The normalized spacial score (nSPS) is 19.9. The Balaban J connectivity index is 1.95. The maximum absolute atomic E-state index is 5.67. The molecule has 1 aliphatic rings.